The van der Waals surface area contributed by atoms with Crippen molar-refractivity contribution < 1.29 is 12.9 Å². The Morgan fingerprint density at radius 2 is 2.09 bits per heavy atom. The molecular weight excluding hydrogens is 322 g/mol. The highest BCUT2D eigenvalue weighted by atomic mass is 32.2. The third-order valence-corrected chi connectivity index (χ3v) is 5.81. The van der Waals surface area contributed by atoms with Crippen LogP contribution in [0.4, 0.5) is 0 Å². The molecule has 0 amide bonds. The lowest BCUT2D eigenvalue weighted by Crippen LogP contribution is -2.09. The Balaban J connectivity index is 1.63. The van der Waals surface area contributed by atoms with Crippen LogP contribution in [0.2, 0.25) is 0 Å². The average Bonchev–Trinajstić information content (AvgIpc) is 3.02. The van der Waals surface area contributed by atoms with Gasteiger partial charge in [-0.25, -0.2) is 13.4 Å². The molecule has 1 fully saturated rings. The number of sulfone groups is 1. The molecule has 1 saturated carbocycles. The molecule has 2 aromatic heterocycles. The van der Waals surface area contributed by atoms with E-state index in [1.807, 2.05) is 19.2 Å². The molecule has 0 radical (unpaired) electrons. The van der Waals surface area contributed by atoms with Gasteiger partial charge in [-0.15, -0.1) is 11.3 Å². The van der Waals surface area contributed by atoms with E-state index in [4.69, 9.17) is 4.52 Å². The predicted molar refractivity (Wildman–Crippen MR) is 83.3 cm³/mol. The molecule has 0 saturated heterocycles. The third kappa shape index (κ3) is 4.13. The molecule has 1 aliphatic carbocycles. The minimum atomic E-state index is -3.33. The van der Waals surface area contributed by atoms with Gasteiger partial charge in [-0.2, -0.15) is 4.98 Å². The van der Waals surface area contributed by atoms with Gasteiger partial charge in [-0.05, 0) is 18.8 Å². The second kappa shape index (κ2) is 6.08. The number of thiazole rings is 1. The van der Waals surface area contributed by atoms with Crippen LogP contribution in [0.3, 0.4) is 0 Å². The molecule has 2 heterocycles. The van der Waals surface area contributed by atoms with Gasteiger partial charge in [0.2, 0.25) is 5.89 Å². The van der Waals surface area contributed by atoms with Crippen molar-refractivity contribution in [3.63, 3.8) is 0 Å². The largest absolute Gasteiger partial charge is 0.339 e. The Morgan fingerprint density at radius 3 is 2.77 bits per heavy atom. The van der Waals surface area contributed by atoms with Gasteiger partial charge < -0.3 is 4.52 Å². The molecule has 3 rings (SSSR count). The first-order valence-corrected chi connectivity index (χ1v) is 10.1. The highest BCUT2D eigenvalue weighted by Gasteiger charge is 2.27. The predicted octanol–water partition coefficient (Wildman–Crippen LogP) is 2.72. The van der Waals surface area contributed by atoms with Crippen molar-refractivity contribution in [2.75, 3.05) is 0 Å². The van der Waals surface area contributed by atoms with E-state index in [1.54, 1.807) is 0 Å². The fourth-order valence-corrected chi connectivity index (χ4v) is 4.70. The van der Waals surface area contributed by atoms with Gasteiger partial charge in [0.05, 0.1) is 5.69 Å². The van der Waals surface area contributed by atoms with Crippen molar-refractivity contribution >= 4 is 21.2 Å². The molecule has 2 aromatic rings. The first-order chi connectivity index (χ1) is 10.4. The van der Waals surface area contributed by atoms with Crippen LogP contribution in [-0.2, 0) is 27.8 Å². The molecule has 0 bridgehead atoms. The summed E-state index contributed by atoms with van der Waals surface area (Å²) in [6, 6.07) is 0. The van der Waals surface area contributed by atoms with Crippen molar-refractivity contribution in [2.45, 2.75) is 50.5 Å². The van der Waals surface area contributed by atoms with Crippen LogP contribution >= 0.6 is 11.3 Å². The number of aromatic nitrogens is 3. The number of hydrogen-bond acceptors (Lipinski definition) is 7. The van der Waals surface area contributed by atoms with E-state index in [0.29, 0.717) is 29.2 Å². The smallest absolute Gasteiger partial charge is 0.226 e. The quantitative estimate of drug-likeness (QED) is 0.769. The Labute approximate surface area is 133 Å². The molecule has 0 unspecified atom stereocenters. The maximum Gasteiger partial charge on any atom is 0.226 e. The summed E-state index contributed by atoms with van der Waals surface area (Å²) in [4.78, 5) is 8.57. The van der Waals surface area contributed by atoms with Crippen LogP contribution in [0.25, 0.3) is 0 Å². The molecule has 6 nitrogen and oxygen atoms in total. The van der Waals surface area contributed by atoms with Gasteiger partial charge in [0.15, 0.2) is 15.7 Å². The molecule has 0 atom stereocenters. The zero-order valence-corrected chi connectivity index (χ0v) is 14.3. The van der Waals surface area contributed by atoms with Gasteiger partial charge in [0.25, 0.3) is 0 Å². The monoisotopic (exact) mass is 341 g/mol. The van der Waals surface area contributed by atoms with Crippen molar-refractivity contribution in [3.8, 4) is 0 Å². The summed E-state index contributed by atoms with van der Waals surface area (Å²) in [5.74, 6) is 1.40. The molecular formula is C14H19N3O3S2. The first-order valence-electron chi connectivity index (χ1n) is 7.37. The highest BCUT2D eigenvalue weighted by Crippen LogP contribution is 2.40. The van der Waals surface area contributed by atoms with Crippen molar-refractivity contribution in [3.05, 3.63) is 27.8 Å². The molecule has 0 N–H and O–H groups in total. The zero-order chi connectivity index (χ0) is 15.7. The summed E-state index contributed by atoms with van der Waals surface area (Å²) in [5.41, 5.74) is 1.04. The summed E-state index contributed by atoms with van der Waals surface area (Å²) in [7, 11) is -3.33. The van der Waals surface area contributed by atoms with E-state index < -0.39 is 9.84 Å². The number of hydrogen-bond donors (Lipinski definition) is 0. The molecule has 0 aliphatic heterocycles. The van der Waals surface area contributed by atoms with Crippen LogP contribution in [0, 0.1) is 5.92 Å². The molecule has 1 aliphatic rings. The van der Waals surface area contributed by atoms with E-state index >= 15 is 0 Å². The topological polar surface area (TPSA) is 86.0 Å². The van der Waals surface area contributed by atoms with Gasteiger partial charge in [0.1, 0.15) is 16.5 Å². The van der Waals surface area contributed by atoms with E-state index in [1.165, 1.54) is 11.3 Å². The third-order valence-electron chi connectivity index (χ3n) is 3.35. The molecule has 22 heavy (non-hydrogen) atoms. The summed E-state index contributed by atoms with van der Waals surface area (Å²) >= 11 is 1.41. The molecule has 120 valence electrons. The van der Waals surface area contributed by atoms with Gasteiger partial charge in [-0.1, -0.05) is 19.0 Å². The van der Waals surface area contributed by atoms with Crippen molar-refractivity contribution in [2.24, 2.45) is 5.92 Å². The lowest BCUT2D eigenvalue weighted by atomic mass is 10.1. The summed E-state index contributed by atoms with van der Waals surface area (Å²) in [5, 5.41) is 6.37. The maximum atomic E-state index is 12.2. The van der Waals surface area contributed by atoms with Gasteiger partial charge >= 0.3 is 0 Å². The van der Waals surface area contributed by atoms with E-state index in [0.717, 1.165) is 18.5 Å². The SMILES string of the molecule is CC(C)Cc1nc(CS(=O)(=O)Cc2nc(C3CC3)cs2)no1. The minimum Gasteiger partial charge on any atom is -0.339 e. The number of rotatable bonds is 7. The lowest BCUT2D eigenvalue weighted by molar-refractivity contribution is 0.359. The maximum absolute atomic E-state index is 12.2. The van der Waals surface area contributed by atoms with E-state index in [-0.39, 0.29) is 17.3 Å². The average molecular weight is 341 g/mol. The Hall–Kier alpha value is -1.28. The van der Waals surface area contributed by atoms with Gasteiger partial charge in [0, 0.05) is 17.7 Å². The van der Waals surface area contributed by atoms with E-state index in [9.17, 15) is 8.42 Å². The van der Waals surface area contributed by atoms with E-state index in [2.05, 4.69) is 15.1 Å². The second-order valence-corrected chi connectivity index (χ2v) is 9.18. The van der Waals surface area contributed by atoms with Gasteiger partial charge in [-0.3, -0.25) is 0 Å². The van der Waals surface area contributed by atoms with Crippen LogP contribution in [0.15, 0.2) is 9.90 Å². The molecule has 0 aromatic carbocycles. The lowest BCUT2D eigenvalue weighted by Gasteiger charge is -1.98. The minimum absolute atomic E-state index is 0.0571. The van der Waals surface area contributed by atoms with Crippen LogP contribution in [0.1, 0.15) is 55.0 Å². The highest BCUT2D eigenvalue weighted by molar-refractivity contribution is 7.89. The van der Waals surface area contributed by atoms with Crippen molar-refractivity contribution in [1.29, 1.82) is 0 Å². The first kappa shape index (κ1) is 15.6. The Morgan fingerprint density at radius 1 is 1.32 bits per heavy atom. The van der Waals surface area contributed by atoms with Crippen molar-refractivity contribution in [1.82, 2.24) is 15.1 Å². The fourth-order valence-electron chi connectivity index (χ4n) is 2.17. The normalized spacial score (nSPS) is 15.6. The Bertz CT molecular complexity index is 745. The standard InChI is InChI=1S/C14H19N3O3S2/c1-9(2)5-13-16-12(17-20-13)7-22(18,19)8-14-15-11(6-21-14)10-3-4-10/h6,9-10H,3-5,7-8H2,1-2H3. The summed E-state index contributed by atoms with van der Waals surface area (Å²) in [6.07, 6.45) is 2.99. The fraction of sp³-hybridized carbons (Fsp3) is 0.643. The molecule has 0 spiro atoms. The van der Waals surface area contributed by atoms with Crippen LogP contribution in [0.5, 0.6) is 0 Å². The Kier molecular flexibility index (Phi) is 4.31. The molecule has 8 heteroatoms. The number of nitrogens with zero attached hydrogens (tertiary/aromatic N) is 3. The van der Waals surface area contributed by atoms with Crippen LogP contribution < -0.4 is 0 Å². The van der Waals surface area contributed by atoms with Crippen LogP contribution in [-0.4, -0.2) is 23.5 Å². The summed E-state index contributed by atoms with van der Waals surface area (Å²) < 4.78 is 29.6. The second-order valence-electron chi connectivity index (χ2n) is 6.17. The summed E-state index contributed by atoms with van der Waals surface area (Å²) in [6.45, 7) is 4.08. The zero-order valence-electron chi connectivity index (χ0n) is 12.7.